The number of hydrogen-bond donors (Lipinski definition) is 0. The fraction of sp³-hybridized carbons (Fsp3) is 0.0649. The third-order valence-corrected chi connectivity index (χ3v) is 16.6. The molecule has 2 aliphatic carbocycles. The van der Waals surface area contributed by atoms with Gasteiger partial charge in [-0.1, -0.05) is 202 Å². The highest BCUT2D eigenvalue weighted by atomic mass is 15.2. The van der Waals surface area contributed by atoms with Gasteiger partial charge in [-0.15, -0.1) is 0 Å². The second-order valence-corrected chi connectivity index (χ2v) is 21.7. The minimum absolute atomic E-state index is 0.133. The molecule has 0 heterocycles. The first-order chi connectivity index (χ1) is 39.4. The van der Waals surface area contributed by atoms with Crippen LogP contribution in [0.2, 0.25) is 0 Å². The van der Waals surface area contributed by atoms with Crippen LogP contribution in [-0.2, 0) is 18.3 Å². The first kappa shape index (κ1) is 48.4. The van der Waals surface area contributed by atoms with E-state index < -0.39 is 0 Å². The number of aryl methyl sites for hydroxylation is 2. The Morgan fingerprint density at radius 2 is 0.500 bits per heavy atom. The van der Waals surface area contributed by atoms with E-state index in [-0.39, 0.29) is 5.41 Å². The van der Waals surface area contributed by atoms with Gasteiger partial charge in [-0.05, 0) is 200 Å². The summed E-state index contributed by atoms with van der Waals surface area (Å²) in [7, 11) is 0. The Labute approximate surface area is 470 Å². The highest BCUT2D eigenvalue weighted by molar-refractivity contribution is 5.89. The molecular weight excluding hydrogens is 967 g/mol. The average molecular weight is 1030 g/mol. The van der Waals surface area contributed by atoms with E-state index in [1.54, 1.807) is 0 Å². The summed E-state index contributed by atoms with van der Waals surface area (Å²) in [5.41, 5.74) is 28.0. The smallest absolute Gasteiger partial charge is 0.0465 e. The molecule has 12 aromatic carbocycles. The van der Waals surface area contributed by atoms with Gasteiger partial charge in [-0.25, -0.2) is 0 Å². The van der Waals surface area contributed by atoms with Crippen molar-refractivity contribution in [2.24, 2.45) is 0 Å². The van der Waals surface area contributed by atoms with Crippen molar-refractivity contribution in [1.29, 1.82) is 0 Å². The molecule has 3 nitrogen and oxygen atoms in total. The number of fused-ring (bicyclic) bond motifs is 6. The van der Waals surface area contributed by atoms with E-state index in [2.05, 4.69) is 326 Å². The quantitative estimate of drug-likeness (QED) is 0.121. The van der Waals surface area contributed by atoms with Crippen LogP contribution in [0.15, 0.2) is 297 Å². The topological polar surface area (TPSA) is 9.72 Å². The van der Waals surface area contributed by atoms with E-state index in [9.17, 15) is 0 Å². The number of rotatable bonds is 12. The third kappa shape index (κ3) is 8.93. The summed E-state index contributed by atoms with van der Waals surface area (Å²) in [5.74, 6) is 0. The molecule has 0 aliphatic heterocycles. The summed E-state index contributed by atoms with van der Waals surface area (Å²) in [5, 5.41) is 0. The van der Waals surface area contributed by atoms with Crippen molar-refractivity contribution in [2.45, 2.75) is 32.1 Å². The number of benzene rings is 12. The Bertz CT molecular complexity index is 4150. The van der Waals surface area contributed by atoms with Crippen molar-refractivity contribution in [1.82, 2.24) is 0 Å². The van der Waals surface area contributed by atoms with Gasteiger partial charge in [0.05, 0.1) is 0 Å². The van der Waals surface area contributed by atoms with Gasteiger partial charge in [0.15, 0.2) is 0 Å². The molecule has 0 radical (unpaired) electrons. The molecule has 2 aliphatic rings. The predicted molar refractivity (Wildman–Crippen MR) is 337 cm³/mol. The number of anilines is 9. The zero-order chi connectivity index (χ0) is 53.6. The van der Waals surface area contributed by atoms with Crippen LogP contribution >= 0.6 is 0 Å². The summed E-state index contributed by atoms with van der Waals surface area (Å²) < 4.78 is 0. The van der Waals surface area contributed by atoms with E-state index in [4.69, 9.17) is 0 Å². The van der Waals surface area contributed by atoms with E-state index >= 15 is 0 Å². The van der Waals surface area contributed by atoms with E-state index in [1.807, 2.05) is 0 Å². The molecule has 12 aromatic rings. The summed E-state index contributed by atoms with van der Waals surface area (Å²) in [6, 6.07) is 109. The third-order valence-electron chi connectivity index (χ3n) is 16.6. The lowest BCUT2D eigenvalue weighted by Crippen LogP contribution is -2.17. The Morgan fingerprint density at radius 1 is 0.225 bits per heavy atom. The molecule has 80 heavy (non-hydrogen) atoms. The molecule has 0 atom stereocenters. The van der Waals surface area contributed by atoms with E-state index in [0.717, 1.165) is 64.0 Å². The SMILES string of the molecule is CC1(C)c2ccccc2-c2ccc(N(c3ccc(-c4ccc(N(c5ccccc5)c5ccc(-c6ccccc6)cc5)cc4)cc3)c3ccc4c(c3)CCc3cc(N(c5ccccc5)c5ccc(-c6ccccc6)cc5)ccc3-4)cc21. The van der Waals surface area contributed by atoms with Gasteiger partial charge >= 0.3 is 0 Å². The van der Waals surface area contributed by atoms with Crippen molar-refractivity contribution in [2.75, 3.05) is 14.7 Å². The summed E-state index contributed by atoms with van der Waals surface area (Å²) in [4.78, 5) is 7.18. The Balaban J connectivity index is 0.794. The highest BCUT2D eigenvalue weighted by Crippen LogP contribution is 2.51. The number of hydrogen-bond acceptors (Lipinski definition) is 3. The summed E-state index contributed by atoms with van der Waals surface area (Å²) in [6.07, 6.45) is 1.91. The van der Waals surface area contributed by atoms with Crippen LogP contribution in [0, 0.1) is 0 Å². The van der Waals surface area contributed by atoms with Gasteiger partial charge in [-0.3, -0.25) is 0 Å². The van der Waals surface area contributed by atoms with Crippen LogP contribution in [0.5, 0.6) is 0 Å². The summed E-state index contributed by atoms with van der Waals surface area (Å²) >= 11 is 0. The maximum Gasteiger partial charge on any atom is 0.0465 e. The maximum atomic E-state index is 2.47. The van der Waals surface area contributed by atoms with E-state index in [1.165, 1.54) is 77.9 Å². The lowest BCUT2D eigenvalue weighted by molar-refractivity contribution is 0.660. The van der Waals surface area contributed by atoms with Gasteiger partial charge < -0.3 is 14.7 Å². The Hall–Kier alpha value is -9.96. The molecule has 0 saturated heterocycles. The molecule has 0 unspecified atom stereocenters. The fourth-order valence-electron chi connectivity index (χ4n) is 12.4. The molecule has 0 fully saturated rings. The first-order valence-electron chi connectivity index (χ1n) is 27.9. The van der Waals surface area contributed by atoms with Crippen LogP contribution in [-0.4, -0.2) is 0 Å². The molecule has 0 saturated carbocycles. The molecule has 0 amide bonds. The van der Waals surface area contributed by atoms with Crippen molar-refractivity contribution in [3.05, 3.63) is 320 Å². The monoisotopic (exact) mass is 1030 g/mol. The van der Waals surface area contributed by atoms with Gasteiger partial charge in [0, 0.05) is 56.6 Å². The second kappa shape index (κ2) is 20.4. The van der Waals surface area contributed by atoms with Crippen LogP contribution in [0.4, 0.5) is 51.2 Å². The van der Waals surface area contributed by atoms with Crippen LogP contribution in [0.3, 0.4) is 0 Å². The Morgan fingerprint density at radius 3 is 0.912 bits per heavy atom. The molecule has 3 heteroatoms. The van der Waals surface area contributed by atoms with Gasteiger partial charge in [0.25, 0.3) is 0 Å². The molecule has 0 aromatic heterocycles. The van der Waals surface area contributed by atoms with Crippen molar-refractivity contribution < 1.29 is 0 Å². The van der Waals surface area contributed by atoms with Crippen molar-refractivity contribution >= 4 is 51.2 Å². The number of para-hydroxylation sites is 2. The molecule has 0 N–H and O–H groups in total. The average Bonchev–Trinajstić information content (AvgIpc) is 4.02. The largest absolute Gasteiger partial charge is 0.311 e. The van der Waals surface area contributed by atoms with E-state index in [0.29, 0.717) is 0 Å². The first-order valence-corrected chi connectivity index (χ1v) is 27.9. The zero-order valence-electron chi connectivity index (χ0n) is 45.0. The molecule has 14 rings (SSSR count). The van der Waals surface area contributed by atoms with Gasteiger partial charge in [0.1, 0.15) is 0 Å². The number of nitrogens with zero attached hydrogens (tertiary/aromatic N) is 3. The highest BCUT2D eigenvalue weighted by Gasteiger charge is 2.36. The minimum Gasteiger partial charge on any atom is -0.311 e. The predicted octanol–water partition coefficient (Wildman–Crippen LogP) is 21.2. The zero-order valence-corrected chi connectivity index (χ0v) is 45.0. The van der Waals surface area contributed by atoms with Crippen LogP contribution in [0.25, 0.3) is 55.6 Å². The van der Waals surface area contributed by atoms with Gasteiger partial charge in [0.2, 0.25) is 0 Å². The maximum absolute atomic E-state index is 2.47. The second-order valence-electron chi connectivity index (χ2n) is 21.7. The lowest BCUT2D eigenvalue weighted by Gasteiger charge is -2.30. The molecule has 382 valence electrons. The lowest BCUT2D eigenvalue weighted by atomic mass is 9.82. The van der Waals surface area contributed by atoms with Gasteiger partial charge in [-0.2, -0.15) is 0 Å². The van der Waals surface area contributed by atoms with Crippen LogP contribution in [0.1, 0.15) is 36.1 Å². The molecule has 0 bridgehead atoms. The fourth-order valence-corrected chi connectivity index (χ4v) is 12.4. The normalized spacial score (nSPS) is 12.6. The Kier molecular flexibility index (Phi) is 12.4. The molecular formula is C77H59N3. The molecule has 0 spiro atoms. The summed E-state index contributed by atoms with van der Waals surface area (Å²) in [6.45, 7) is 4.74. The van der Waals surface area contributed by atoms with Crippen LogP contribution < -0.4 is 14.7 Å². The van der Waals surface area contributed by atoms with Crippen molar-refractivity contribution in [3.63, 3.8) is 0 Å². The standard InChI is InChI=1S/C77H59N3/c1-77(2)75-26-16-15-25-73(75)74-50-47-70(53-76(74)77)80(67-43-35-59(36-44-67)58-33-39-65(40-34-58)78(62-21-11-5-12-22-62)64-37-29-56(30-38-64)54-17-7-3-8-18-54)69-46-49-72-61(52-69)28-27-60-51-68(45-48-71(60)72)79(63-23-13-6-14-24-63)66-41-31-57(32-42-66)55-19-9-4-10-20-55/h3-26,29-53H,27-28H2,1-2H3. The van der Waals surface area contributed by atoms with Crippen molar-refractivity contribution in [3.8, 4) is 55.6 Å². The minimum atomic E-state index is -0.133.